The number of nitrogens with one attached hydrogen (secondary N) is 1. The zero-order valence-electron chi connectivity index (χ0n) is 23.5. The number of likely N-dealkylation sites (tertiary alicyclic amines) is 1. The third-order valence-electron chi connectivity index (χ3n) is 7.49. The predicted octanol–water partition coefficient (Wildman–Crippen LogP) is 4.81. The summed E-state index contributed by atoms with van der Waals surface area (Å²) in [5.41, 5.74) is -0.307. The van der Waals surface area contributed by atoms with E-state index >= 15 is 0 Å². The highest BCUT2D eigenvalue weighted by Gasteiger charge is 2.47. The molecule has 2 aliphatic rings. The standard InChI is InChI=1S/C27H28F2N8O4S2/c1-26(2,3)41-25(38)36-10-6-15(7-11-36)20-19-17-5-4-16(43(39,40)35-27(13-30)8-9-27)12-18(17)37(22(19)32-14-31-20)24-34-33-23(42-24)21(28)29/h4-5,12,14-15,21,35H,6-11H2,1-3H3. The Kier molecular flexibility index (Phi) is 7.09. The van der Waals surface area contributed by atoms with Gasteiger partial charge in [0, 0.05) is 29.8 Å². The van der Waals surface area contributed by atoms with Gasteiger partial charge in [0.05, 0.1) is 22.2 Å². The van der Waals surface area contributed by atoms with E-state index < -0.39 is 32.6 Å². The van der Waals surface area contributed by atoms with Crippen LogP contribution >= 0.6 is 11.3 Å². The summed E-state index contributed by atoms with van der Waals surface area (Å²) in [5.74, 6) is -0.0651. The fourth-order valence-corrected chi connectivity index (χ4v) is 7.37. The van der Waals surface area contributed by atoms with Gasteiger partial charge in [0.25, 0.3) is 6.43 Å². The van der Waals surface area contributed by atoms with Crippen LogP contribution in [-0.2, 0) is 14.8 Å². The number of carbonyl (C=O) groups excluding carboxylic acids is 1. The molecule has 16 heteroatoms. The molecule has 1 N–H and O–H groups in total. The second-order valence-electron chi connectivity index (χ2n) is 11.7. The van der Waals surface area contributed by atoms with Gasteiger partial charge in [-0.15, -0.1) is 10.2 Å². The summed E-state index contributed by atoms with van der Waals surface area (Å²) in [5, 5.41) is 17.9. The van der Waals surface area contributed by atoms with Crippen LogP contribution in [0.1, 0.15) is 69.5 Å². The number of nitrogens with zero attached hydrogens (tertiary/aromatic N) is 7. The summed E-state index contributed by atoms with van der Waals surface area (Å²) in [6.07, 6.45) is 0.188. The number of ether oxygens (including phenoxy) is 1. The number of amides is 1. The highest BCUT2D eigenvalue weighted by Crippen LogP contribution is 2.41. The molecule has 1 saturated carbocycles. The number of halogens is 2. The van der Waals surface area contributed by atoms with E-state index in [1.54, 1.807) is 11.0 Å². The van der Waals surface area contributed by atoms with Gasteiger partial charge < -0.3 is 9.64 Å². The Balaban J connectivity index is 1.44. The first-order chi connectivity index (χ1) is 20.3. The molecule has 0 radical (unpaired) electrons. The minimum Gasteiger partial charge on any atom is -0.444 e. The molecular formula is C27H28F2N8O4S2. The normalized spacial score (nSPS) is 17.5. The van der Waals surface area contributed by atoms with Crippen LogP contribution in [0.4, 0.5) is 13.6 Å². The van der Waals surface area contributed by atoms with Crippen LogP contribution in [0.15, 0.2) is 29.4 Å². The van der Waals surface area contributed by atoms with Gasteiger partial charge in [0.1, 0.15) is 17.5 Å². The minimum atomic E-state index is -4.09. The second-order valence-corrected chi connectivity index (χ2v) is 14.4. The summed E-state index contributed by atoms with van der Waals surface area (Å²) in [4.78, 5) is 23.3. The van der Waals surface area contributed by atoms with Crippen LogP contribution in [0.3, 0.4) is 0 Å². The molecule has 0 bridgehead atoms. The van der Waals surface area contributed by atoms with E-state index in [-0.39, 0.29) is 22.0 Å². The average molecular weight is 631 g/mol. The topological polar surface area (TPSA) is 156 Å². The van der Waals surface area contributed by atoms with E-state index in [0.29, 0.717) is 77.7 Å². The molecular weight excluding hydrogens is 602 g/mol. The van der Waals surface area contributed by atoms with Crippen molar-refractivity contribution in [2.45, 2.75) is 74.8 Å². The molecule has 2 fully saturated rings. The number of aromatic nitrogens is 5. The third-order valence-corrected chi connectivity index (χ3v) is 9.94. The van der Waals surface area contributed by atoms with Crippen LogP contribution in [-0.4, -0.2) is 68.4 Å². The summed E-state index contributed by atoms with van der Waals surface area (Å²) in [7, 11) is -4.09. The Labute approximate surface area is 249 Å². The van der Waals surface area contributed by atoms with Crippen molar-refractivity contribution in [2.75, 3.05) is 13.1 Å². The van der Waals surface area contributed by atoms with Gasteiger partial charge >= 0.3 is 6.09 Å². The largest absolute Gasteiger partial charge is 0.444 e. The number of carbonyl (C=O) groups is 1. The molecule has 1 aromatic carbocycles. The first-order valence-corrected chi connectivity index (χ1v) is 15.9. The molecule has 1 aliphatic carbocycles. The summed E-state index contributed by atoms with van der Waals surface area (Å²) in [6.45, 7) is 6.34. The number of hydrogen-bond acceptors (Lipinski definition) is 10. The zero-order chi connectivity index (χ0) is 30.7. The fourth-order valence-electron chi connectivity index (χ4n) is 5.25. The van der Waals surface area contributed by atoms with Crippen molar-refractivity contribution in [3.8, 4) is 11.2 Å². The molecule has 1 aliphatic heterocycles. The number of nitriles is 1. The Morgan fingerprint density at radius 1 is 1.21 bits per heavy atom. The van der Waals surface area contributed by atoms with Gasteiger partial charge in [-0.2, -0.15) is 9.98 Å². The van der Waals surface area contributed by atoms with Crippen molar-refractivity contribution >= 4 is 49.4 Å². The Morgan fingerprint density at radius 2 is 1.93 bits per heavy atom. The lowest BCUT2D eigenvalue weighted by molar-refractivity contribution is 0.0204. The van der Waals surface area contributed by atoms with Gasteiger partial charge in [0.2, 0.25) is 15.2 Å². The van der Waals surface area contributed by atoms with Crippen molar-refractivity contribution in [3.05, 3.63) is 35.2 Å². The van der Waals surface area contributed by atoms with E-state index in [0.717, 1.165) is 0 Å². The second kappa shape index (κ2) is 10.4. The zero-order valence-corrected chi connectivity index (χ0v) is 25.2. The van der Waals surface area contributed by atoms with Gasteiger partial charge in [0.15, 0.2) is 10.7 Å². The molecule has 12 nitrogen and oxygen atoms in total. The monoisotopic (exact) mass is 630 g/mol. The molecule has 0 spiro atoms. The van der Waals surface area contributed by atoms with Crippen molar-refractivity contribution in [2.24, 2.45) is 0 Å². The number of rotatable bonds is 6. The molecule has 3 aromatic heterocycles. The van der Waals surface area contributed by atoms with Gasteiger partial charge in [-0.05, 0) is 58.6 Å². The van der Waals surface area contributed by atoms with E-state index in [9.17, 15) is 27.3 Å². The fraction of sp³-hybridized carbons (Fsp3) is 0.481. The van der Waals surface area contributed by atoms with Crippen molar-refractivity contribution in [3.63, 3.8) is 0 Å². The Hall–Kier alpha value is -3.81. The molecule has 1 amide bonds. The number of piperidine rings is 1. The smallest absolute Gasteiger partial charge is 0.410 e. The molecule has 4 aromatic rings. The lowest BCUT2D eigenvalue weighted by Crippen LogP contribution is -2.41. The molecule has 1 saturated heterocycles. The molecule has 6 rings (SSSR count). The SMILES string of the molecule is CC(C)(C)OC(=O)N1CCC(c2ncnc3c2c2ccc(S(=O)(=O)NC4(C#N)CC4)cc2n3-c2nnc(C(F)F)s2)CC1. The highest BCUT2D eigenvalue weighted by molar-refractivity contribution is 7.89. The molecule has 226 valence electrons. The molecule has 0 atom stereocenters. The maximum absolute atomic E-state index is 13.5. The maximum Gasteiger partial charge on any atom is 0.410 e. The number of sulfonamides is 1. The van der Waals surface area contributed by atoms with Crippen LogP contribution in [0.25, 0.3) is 27.1 Å². The number of fused-ring (bicyclic) bond motifs is 3. The van der Waals surface area contributed by atoms with E-state index in [1.807, 2.05) is 26.8 Å². The molecule has 43 heavy (non-hydrogen) atoms. The van der Waals surface area contributed by atoms with E-state index in [1.165, 1.54) is 23.0 Å². The van der Waals surface area contributed by atoms with Gasteiger partial charge in [-0.3, -0.25) is 4.57 Å². The van der Waals surface area contributed by atoms with Gasteiger partial charge in [-0.1, -0.05) is 17.4 Å². The number of hydrogen-bond donors (Lipinski definition) is 1. The van der Waals surface area contributed by atoms with Crippen molar-refractivity contribution in [1.29, 1.82) is 5.26 Å². The maximum atomic E-state index is 13.5. The lowest BCUT2D eigenvalue weighted by Gasteiger charge is -2.33. The highest BCUT2D eigenvalue weighted by atomic mass is 32.2. The van der Waals surface area contributed by atoms with E-state index in [2.05, 4.69) is 24.9 Å². The summed E-state index contributed by atoms with van der Waals surface area (Å²) < 4.78 is 63.0. The van der Waals surface area contributed by atoms with Crippen LogP contribution in [0, 0.1) is 11.3 Å². The minimum absolute atomic E-state index is 0.0651. The average Bonchev–Trinajstić information content (AvgIpc) is 3.39. The predicted molar refractivity (Wildman–Crippen MR) is 152 cm³/mol. The van der Waals surface area contributed by atoms with Crippen LogP contribution in [0.2, 0.25) is 0 Å². The summed E-state index contributed by atoms with van der Waals surface area (Å²) in [6, 6.07) is 6.51. The van der Waals surface area contributed by atoms with Crippen LogP contribution < -0.4 is 4.72 Å². The van der Waals surface area contributed by atoms with E-state index in [4.69, 9.17) is 4.74 Å². The summed E-state index contributed by atoms with van der Waals surface area (Å²) >= 11 is 0.679. The lowest BCUT2D eigenvalue weighted by atomic mass is 9.91. The number of benzene rings is 1. The third kappa shape index (κ3) is 5.52. The Morgan fingerprint density at radius 3 is 2.53 bits per heavy atom. The number of alkyl halides is 2. The first-order valence-electron chi connectivity index (χ1n) is 13.6. The van der Waals surface area contributed by atoms with Crippen LogP contribution in [0.5, 0.6) is 0 Å². The molecule has 4 heterocycles. The van der Waals surface area contributed by atoms with Crippen molar-refractivity contribution < 1.29 is 26.7 Å². The first kappa shape index (κ1) is 29.3. The van der Waals surface area contributed by atoms with Crippen molar-refractivity contribution in [1.82, 2.24) is 34.4 Å². The Bertz CT molecular complexity index is 1880. The molecule has 0 unspecified atom stereocenters. The quantitative estimate of drug-likeness (QED) is 0.316. The van der Waals surface area contributed by atoms with Gasteiger partial charge in [-0.25, -0.2) is 32.0 Å².